The van der Waals surface area contributed by atoms with Gasteiger partial charge in [-0.2, -0.15) is 0 Å². The van der Waals surface area contributed by atoms with Crippen molar-refractivity contribution in [2.24, 2.45) is 11.8 Å². The van der Waals surface area contributed by atoms with Crippen LogP contribution in [-0.2, 0) is 0 Å². The third kappa shape index (κ3) is 4.24. The molecule has 1 rings (SSSR count). The van der Waals surface area contributed by atoms with Crippen molar-refractivity contribution in [3.05, 3.63) is 0 Å². The van der Waals surface area contributed by atoms with Crippen molar-refractivity contribution in [2.75, 3.05) is 19.6 Å². The van der Waals surface area contributed by atoms with Crippen LogP contribution >= 0.6 is 0 Å². The summed E-state index contributed by atoms with van der Waals surface area (Å²) in [4.78, 5) is 2.71. The minimum absolute atomic E-state index is 0.719. The van der Waals surface area contributed by atoms with Gasteiger partial charge in [0.1, 0.15) is 0 Å². The molecule has 3 unspecified atom stereocenters. The van der Waals surface area contributed by atoms with Gasteiger partial charge in [0.15, 0.2) is 0 Å². The lowest BCUT2D eigenvalue weighted by atomic mass is 9.76. The van der Waals surface area contributed by atoms with Gasteiger partial charge in [-0.15, -0.1) is 0 Å². The molecule has 1 aliphatic carbocycles. The van der Waals surface area contributed by atoms with Crippen LogP contribution < -0.4 is 5.32 Å². The highest BCUT2D eigenvalue weighted by atomic mass is 15.2. The number of hydrogen-bond acceptors (Lipinski definition) is 2. The molecule has 1 aliphatic rings. The Morgan fingerprint density at radius 2 is 1.89 bits per heavy atom. The Hall–Kier alpha value is -0.0800. The van der Waals surface area contributed by atoms with E-state index in [-0.39, 0.29) is 0 Å². The topological polar surface area (TPSA) is 15.3 Å². The Labute approximate surface area is 115 Å². The van der Waals surface area contributed by atoms with Crippen LogP contribution in [0.15, 0.2) is 0 Å². The van der Waals surface area contributed by atoms with E-state index < -0.39 is 0 Å². The number of rotatable bonds is 7. The van der Waals surface area contributed by atoms with E-state index in [0.29, 0.717) is 0 Å². The molecule has 2 nitrogen and oxygen atoms in total. The van der Waals surface area contributed by atoms with Crippen molar-refractivity contribution in [2.45, 2.75) is 72.4 Å². The van der Waals surface area contributed by atoms with Crippen LogP contribution in [0.2, 0.25) is 0 Å². The summed E-state index contributed by atoms with van der Waals surface area (Å²) < 4.78 is 0. The lowest BCUT2D eigenvalue weighted by Crippen LogP contribution is -2.53. The molecule has 0 heterocycles. The van der Waals surface area contributed by atoms with E-state index in [1.807, 2.05) is 0 Å². The molecular formula is C16H34N2. The highest BCUT2D eigenvalue weighted by Gasteiger charge is 2.34. The van der Waals surface area contributed by atoms with Crippen molar-refractivity contribution >= 4 is 0 Å². The Balaban J connectivity index is 2.69. The van der Waals surface area contributed by atoms with Gasteiger partial charge in [-0.05, 0) is 57.2 Å². The first-order valence-corrected chi connectivity index (χ1v) is 8.11. The molecular weight excluding hydrogens is 220 g/mol. The van der Waals surface area contributed by atoms with Crippen LogP contribution in [0.1, 0.15) is 60.3 Å². The maximum Gasteiger partial charge on any atom is 0.0251 e. The zero-order valence-electron chi connectivity index (χ0n) is 13.2. The summed E-state index contributed by atoms with van der Waals surface area (Å²) in [5.74, 6) is 1.77. The van der Waals surface area contributed by atoms with Gasteiger partial charge >= 0.3 is 0 Å². The molecule has 0 aliphatic heterocycles. The average Bonchev–Trinajstić information content (AvgIpc) is 2.36. The van der Waals surface area contributed by atoms with E-state index in [1.165, 1.54) is 38.8 Å². The summed E-state index contributed by atoms with van der Waals surface area (Å²) in [6.45, 7) is 15.2. The van der Waals surface area contributed by atoms with Gasteiger partial charge in [-0.3, -0.25) is 4.90 Å². The zero-order chi connectivity index (χ0) is 13.5. The highest BCUT2D eigenvalue weighted by molar-refractivity contribution is 4.91. The molecule has 0 amide bonds. The summed E-state index contributed by atoms with van der Waals surface area (Å²) >= 11 is 0. The second-order valence-electron chi connectivity index (χ2n) is 6.18. The Bertz CT molecular complexity index is 207. The molecule has 1 fully saturated rings. The van der Waals surface area contributed by atoms with Crippen molar-refractivity contribution < 1.29 is 0 Å². The third-order valence-corrected chi connectivity index (χ3v) is 4.65. The molecule has 108 valence electrons. The van der Waals surface area contributed by atoms with Gasteiger partial charge < -0.3 is 5.32 Å². The van der Waals surface area contributed by atoms with E-state index in [2.05, 4.69) is 44.8 Å². The van der Waals surface area contributed by atoms with Crippen LogP contribution in [0.3, 0.4) is 0 Å². The molecule has 0 aromatic carbocycles. The van der Waals surface area contributed by atoms with Gasteiger partial charge in [0.25, 0.3) is 0 Å². The number of nitrogens with zero attached hydrogens (tertiary/aromatic N) is 1. The molecule has 0 aromatic heterocycles. The van der Waals surface area contributed by atoms with Crippen LogP contribution in [0.5, 0.6) is 0 Å². The van der Waals surface area contributed by atoms with Gasteiger partial charge in [-0.25, -0.2) is 0 Å². The normalized spacial score (nSPS) is 29.2. The van der Waals surface area contributed by atoms with Crippen molar-refractivity contribution in [1.82, 2.24) is 10.2 Å². The molecule has 0 bridgehead atoms. The van der Waals surface area contributed by atoms with Crippen LogP contribution in [0.4, 0.5) is 0 Å². The zero-order valence-corrected chi connectivity index (χ0v) is 13.2. The van der Waals surface area contributed by atoms with Gasteiger partial charge in [-0.1, -0.05) is 34.6 Å². The predicted octanol–water partition coefficient (Wildman–Crippen LogP) is 3.52. The maximum atomic E-state index is 3.73. The molecule has 0 saturated heterocycles. The molecule has 18 heavy (non-hydrogen) atoms. The maximum absolute atomic E-state index is 3.73. The van der Waals surface area contributed by atoms with Gasteiger partial charge in [0, 0.05) is 12.1 Å². The van der Waals surface area contributed by atoms with Crippen LogP contribution in [-0.4, -0.2) is 36.6 Å². The van der Waals surface area contributed by atoms with E-state index in [0.717, 1.165) is 30.5 Å². The lowest BCUT2D eigenvalue weighted by Gasteiger charge is -2.44. The lowest BCUT2D eigenvalue weighted by molar-refractivity contribution is 0.0873. The van der Waals surface area contributed by atoms with Crippen LogP contribution in [0.25, 0.3) is 0 Å². The summed E-state index contributed by atoms with van der Waals surface area (Å²) in [5, 5.41) is 3.73. The fraction of sp³-hybridized carbons (Fsp3) is 1.00. The second-order valence-corrected chi connectivity index (χ2v) is 6.18. The predicted molar refractivity (Wildman–Crippen MR) is 81.0 cm³/mol. The monoisotopic (exact) mass is 254 g/mol. The highest BCUT2D eigenvalue weighted by Crippen LogP contribution is 2.32. The first kappa shape index (κ1) is 16.0. The Morgan fingerprint density at radius 1 is 1.17 bits per heavy atom. The van der Waals surface area contributed by atoms with Crippen molar-refractivity contribution in [3.63, 3.8) is 0 Å². The van der Waals surface area contributed by atoms with E-state index >= 15 is 0 Å². The molecule has 3 atom stereocenters. The van der Waals surface area contributed by atoms with Crippen LogP contribution in [0, 0.1) is 11.8 Å². The minimum atomic E-state index is 0.719. The Kier molecular flexibility index (Phi) is 7.25. The summed E-state index contributed by atoms with van der Waals surface area (Å²) in [7, 11) is 0. The molecule has 0 spiro atoms. The van der Waals surface area contributed by atoms with Gasteiger partial charge in [0.2, 0.25) is 0 Å². The summed E-state index contributed by atoms with van der Waals surface area (Å²) in [6, 6.07) is 1.48. The van der Waals surface area contributed by atoms with Crippen molar-refractivity contribution in [3.8, 4) is 0 Å². The van der Waals surface area contributed by atoms with E-state index in [1.54, 1.807) is 0 Å². The molecule has 2 heteroatoms. The quantitative estimate of drug-likeness (QED) is 0.748. The number of hydrogen-bond donors (Lipinski definition) is 1. The minimum Gasteiger partial charge on any atom is -0.313 e. The standard InChI is InChI=1S/C16H34N2/c1-6-11-18(8-3)16-12-14(13(4)5)9-10-15(16)17-7-2/h13-17H,6-12H2,1-5H3. The average molecular weight is 254 g/mol. The summed E-state index contributed by atoms with van der Waals surface area (Å²) in [5.41, 5.74) is 0. The smallest absolute Gasteiger partial charge is 0.0251 e. The molecule has 1 N–H and O–H groups in total. The first-order chi connectivity index (χ1) is 8.63. The second kappa shape index (κ2) is 8.16. The Morgan fingerprint density at radius 3 is 2.39 bits per heavy atom. The summed E-state index contributed by atoms with van der Waals surface area (Å²) in [6.07, 6.45) is 5.44. The fourth-order valence-corrected chi connectivity index (χ4v) is 3.53. The third-order valence-electron chi connectivity index (χ3n) is 4.65. The van der Waals surface area contributed by atoms with E-state index in [4.69, 9.17) is 0 Å². The first-order valence-electron chi connectivity index (χ1n) is 8.11. The van der Waals surface area contributed by atoms with E-state index in [9.17, 15) is 0 Å². The number of likely N-dealkylation sites (N-methyl/N-ethyl adjacent to an activating group) is 2. The molecule has 0 radical (unpaired) electrons. The number of nitrogens with one attached hydrogen (secondary N) is 1. The molecule has 1 saturated carbocycles. The SMILES string of the molecule is CCCN(CC)C1CC(C(C)C)CCC1NCC. The van der Waals surface area contributed by atoms with Crippen molar-refractivity contribution in [1.29, 1.82) is 0 Å². The van der Waals surface area contributed by atoms with Gasteiger partial charge in [0.05, 0.1) is 0 Å². The molecule has 0 aromatic rings. The fourth-order valence-electron chi connectivity index (χ4n) is 3.53. The largest absolute Gasteiger partial charge is 0.313 e.